The van der Waals surface area contributed by atoms with E-state index in [1.165, 1.54) is 11.7 Å². The number of thiazole rings is 1. The van der Waals surface area contributed by atoms with E-state index in [0.29, 0.717) is 13.0 Å². The molecule has 7 heteroatoms. The summed E-state index contributed by atoms with van der Waals surface area (Å²) in [5.74, 6) is 0.0665. The van der Waals surface area contributed by atoms with Gasteiger partial charge in [0.2, 0.25) is 5.91 Å². The monoisotopic (exact) mass is 318 g/mol. The van der Waals surface area contributed by atoms with Gasteiger partial charge in [0.05, 0.1) is 28.9 Å². The van der Waals surface area contributed by atoms with Crippen molar-refractivity contribution in [2.75, 3.05) is 7.05 Å². The van der Waals surface area contributed by atoms with E-state index in [4.69, 9.17) is 0 Å². The normalized spacial score (nSPS) is 11.0. The zero-order valence-electron chi connectivity index (χ0n) is 11.7. The molecule has 2 aromatic heterocycles. The van der Waals surface area contributed by atoms with Crippen molar-refractivity contribution in [1.29, 1.82) is 0 Å². The number of carbonyl (C=O) groups is 1. The average Bonchev–Trinajstić information content (AvgIpc) is 3.07. The largest absolute Gasteiger partial charge is 0.341 e. The van der Waals surface area contributed by atoms with Crippen LogP contribution in [0.3, 0.4) is 0 Å². The standard InChI is InChI=1S/C14H14N4OS2/c1-9-15-11(8-20-9)6-14(19)18(2)7-10-3-4-12-13(5-10)17-21-16-12/h3-5,8H,6-7H2,1-2H3. The van der Waals surface area contributed by atoms with E-state index in [2.05, 4.69) is 13.7 Å². The molecule has 108 valence electrons. The maximum Gasteiger partial charge on any atom is 0.228 e. The minimum absolute atomic E-state index is 0.0665. The van der Waals surface area contributed by atoms with Crippen LogP contribution in [0.1, 0.15) is 16.3 Å². The van der Waals surface area contributed by atoms with Crippen molar-refractivity contribution < 1.29 is 4.79 Å². The van der Waals surface area contributed by atoms with Gasteiger partial charge in [0.1, 0.15) is 11.0 Å². The van der Waals surface area contributed by atoms with Crippen LogP contribution >= 0.6 is 23.1 Å². The van der Waals surface area contributed by atoms with Crippen LogP contribution in [-0.4, -0.2) is 31.6 Å². The van der Waals surface area contributed by atoms with Crippen LogP contribution in [0.15, 0.2) is 23.6 Å². The molecule has 0 aliphatic carbocycles. The molecule has 3 aromatic rings. The highest BCUT2D eigenvalue weighted by Crippen LogP contribution is 2.15. The number of nitrogens with zero attached hydrogens (tertiary/aromatic N) is 4. The predicted octanol–water partition coefficient (Wildman–Crippen LogP) is 2.66. The molecule has 1 aromatic carbocycles. The van der Waals surface area contributed by atoms with Crippen LogP contribution in [0.25, 0.3) is 11.0 Å². The Hall–Kier alpha value is -1.86. The highest BCUT2D eigenvalue weighted by Gasteiger charge is 2.12. The van der Waals surface area contributed by atoms with Crippen molar-refractivity contribution in [3.8, 4) is 0 Å². The first kappa shape index (κ1) is 14.1. The molecule has 0 unspecified atom stereocenters. The van der Waals surface area contributed by atoms with Crippen LogP contribution in [0, 0.1) is 6.92 Å². The second kappa shape index (κ2) is 5.87. The molecule has 0 atom stereocenters. The van der Waals surface area contributed by atoms with Gasteiger partial charge in [0, 0.05) is 19.0 Å². The van der Waals surface area contributed by atoms with Crippen LogP contribution in [0.5, 0.6) is 0 Å². The first-order chi connectivity index (χ1) is 10.1. The molecule has 0 aliphatic rings. The molecular weight excluding hydrogens is 304 g/mol. The van der Waals surface area contributed by atoms with Gasteiger partial charge in [-0.1, -0.05) is 6.07 Å². The number of aryl methyl sites for hydroxylation is 1. The summed E-state index contributed by atoms with van der Waals surface area (Å²) in [6.07, 6.45) is 0.349. The van der Waals surface area contributed by atoms with Gasteiger partial charge < -0.3 is 4.90 Å². The number of fused-ring (bicyclic) bond motifs is 1. The highest BCUT2D eigenvalue weighted by atomic mass is 32.1. The summed E-state index contributed by atoms with van der Waals surface area (Å²) in [7, 11) is 1.81. The second-order valence-electron chi connectivity index (χ2n) is 4.87. The summed E-state index contributed by atoms with van der Waals surface area (Å²) in [4.78, 5) is 18.3. The van der Waals surface area contributed by atoms with Crippen molar-refractivity contribution in [3.63, 3.8) is 0 Å². The van der Waals surface area contributed by atoms with E-state index in [0.717, 1.165) is 27.3 Å². The van der Waals surface area contributed by atoms with E-state index < -0.39 is 0 Å². The molecule has 0 radical (unpaired) electrons. The van der Waals surface area contributed by atoms with Gasteiger partial charge in [-0.25, -0.2) is 4.98 Å². The number of hydrogen-bond acceptors (Lipinski definition) is 6. The summed E-state index contributed by atoms with van der Waals surface area (Å²) >= 11 is 2.77. The van der Waals surface area contributed by atoms with Crippen molar-refractivity contribution in [2.24, 2.45) is 0 Å². The average molecular weight is 318 g/mol. The molecule has 2 heterocycles. The Balaban J connectivity index is 1.67. The van der Waals surface area contributed by atoms with Gasteiger partial charge in [-0.3, -0.25) is 4.79 Å². The SMILES string of the molecule is Cc1nc(CC(=O)N(C)Cc2ccc3nsnc3c2)cs1. The van der Waals surface area contributed by atoms with Gasteiger partial charge in [-0.15, -0.1) is 11.3 Å². The fraction of sp³-hybridized carbons (Fsp3) is 0.286. The van der Waals surface area contributed by atoms with Gasteiger partial charge >= 0.3 is 0 Å². The maximum atomic E-state index is 12.2. The minimum Gasteiger partial charge on any atom is -0.341 e. The first-order valence-electron chi connectivity index (χ1n) is 6.48. The van der Waals surface area contributed by atoms with Crippen LogP contribution in [-0.2, 0) is 17.8 Å². The van der Waals surface area contributed by atoms with E-state index in [1.807, 2.05) is 37.6 Å². The molecule has 0 spiro atoms. The summed E-state index contributed by atoms with van der Waals surface area (Å²) in [6.45, 7) is 2.51. The Morgan fingerprint density at radius 3 is 2.86 bits per heavy atom. The third-order valence-corrected chi connectivity index (χ3v) is 4.54. The fourth-order valence-electron chi connectivity index (χ4n) is 2.07. The van der Waals surface area contributed by atoms with Crippen molar-refractivity contribution in [2.45, 2.75) is 19.9 Å². The third kappa shape index (κ3) is 3.25. The van der Waals surface area contributed by atoms with Crippen molar-refractivity contribution in [3.05, 3.63) is 39.8 Å². The number of amides is 1. The summed E-state index contributed by atoms with van der Waals surface area (Å²) in [5.41, 5.74) is 3.68. The molecule has 5 nitrogen and oxygen atoms in total. The van der Waals surface area contributed by atoms with Crippen molar-refractivity contribution in [1.82, 2.24) is 18.6 Å². The predicted molar refractivity (Wildman–Crippen MR) is 84.4 cm³/mol. The number of aromatic nitrogens is 3. The van der Waals surface area contributed by atoms with Crippen molar-refractivity contribution >= 4 is 40.0 Å². The second-order valence-corrected chi connectivity index (χ2v) is 6.46. The lowest BCUT2D eigenvalue weighted by Gasteiger charge is -2.16. The van der Waals surface area contributed by atoms with E-state index in [1.54, 1.807) is 16.2 Å². The highest BCUT2D eigenvalue weighted by molar-refractivity contribution is 7.09. The van der Waals surface area contributed by atoms with Gasteiger partial charge in [-0.05, 0) is 24.6 Å². The molecule has 21 heavy (non-hydrogen) atoms. The Kier molecular flexibility index (Phi) is 3.94. The Bertz CT molecular complexity index is 780. The maximum absolute atomic E-state index is 12.2. The quantitative estimate of drug-likeness (QED) is 0.742. The first-order valence-corrected chi connectivity index (χ1v) is 8.09. The fourth-order valence-corrected chi connectivity index (χ4v) is 3.20. The van der Waals surface area contributed by atoms with Gasteiger partial charge in [0.15, 0.2) is 0 Å². The molecule has 0 bridgehead atoms. The molecule has 0 N–H and O–H groups in total. The van der Waals surface area contributed by atoms with Gasteiger partial charge in [0.25, 0.3) is 0 Å². The third-order valence-electron chi connectivity index (χ3n) is 3.16. The van der Waals surface area contributed by atoms with Gasteiger partial charge in [-0.2, -0.15) is 8.75 Å². The molecule has 1 amide bonds. The lowest BCUT2D eigenvalue weighted by Crippen LogP contribution is -2.27. The summed E-state index contributed by atoms with van der Waals surface area (Å²) in [5, 5.41) is 2.93. The Morgan fingerprint density at radius 1 is 1.29 bits per heavy atom. The van der Waals surface area contributed by atoms with E-state index in [-0.39, 0.29) is 5.91 Å². The van der Waals surface area contributed by atoms with Crippen LogP contribution in [0.2, 0.25) is 0 Å². The van der Waals surface area contributed by atoms with E-state index >= 15 is 0 Å². The lowest BCUT2D eigenvalue weighted by molar-refractivity contribution is -0.129. The number of carbonyl (C=O) groups excluding carboxylic acids is 1. The zero-order chi connectivity index (χ0) is 14.8. The molecule has 0 aliphatic heterocycles. The Labute approximate surface area is 130 Å². The smallest absolute Gasteiger partial charge is 0.228 e. The molecular formula is C14H14N4OS2. The molecule has 0 fully saturated rings. The molecule has 3 rings (SSSR count). The van der Waals surface area contributed by atoms with E-state index in [9.17, 15) is 4.79 Å². The number of likely N-dealkylation sites (N-methyl/N-ethyl adjacent to an activating group) is 1. The topological polar surface area (TPSA) is 59.0 Å². The zero-order valence-corrected chi connectivity index (χ0v) is 13.4. The Morgan fingerprint density at radius 2 is 2.10 bits per heavy atom. The number of benzene rings is 1. The summed E-state index contributed by atoms with van der Waals surface area (Å²) in [6, 6.07) is 5.91. The molecule has 0 saturated carbocycles. The lowest BCUT2D eigenvalue weighted by atomic mass is 10.2. The van der Waals surface area contributed by atoms with Crippen LogP contribution < -0.4 is 0 Å². The molecule has 0 saturated heterocycles. The van der Waals surface area contributed by atoms with Crippen LogP contribution in [0.4, 0.5) is 0 Å². The number of rotatable bonds is 4. The summed E-state index contributed by atoms with van der Waals surface area (Å²) < 4.78 is 8.40. The minimum atomic E-state index is 0.0665. The number of hydrogen-bond donors (Lipinski definition) is 0.